The molecule has 0 atom stereocenters. The van der Waals surface area contributed by atoms with Crippen LogP contribution in [0.25, 0.3) is 20.7 Å². The molecule has 2 saturated heterocycles. The lowest BCUT2D eigenvalue weighted by Gasteiger charge is -2.36. The number of ether oxygens (including phenoxy) is 1. The zero-order chi connectivity index (χ0) is 22.8. The maximum absolute atomic E-state index is 13.2. The summed E-state index contributed by atoms with van der Waals surface area (Å²) in [5.41, 5.74) is 0.675. The Morgan fingerprint density at radius 1 is 0.970 bits per heavy atom. The van der Waals surface area contributed by atoms with E-state index in [-0.39, 0.29) is 23.9 Å². The van der Waals surface area contributed by atoms with E-state index in [2.05, 4.69) is 9.88 Å². The van der Waals surface area contributed by atoms with E-state index in [9.17, 15) is 14.4 Å². The fourth-order valence-electron chi connectivity index (χ4n) is 4.19. The highest BCUT2D eigenvalue weighted by Crippen LogP contribution is 2.33. The van der Waals surface area contributed by atoms with Gasteiger partial charge in [0.15, 0.2) is 0 Å². The highest BCUT2D eigenvalue weighted by molar-refractivity contribution is 7.18. The molecule has 0 aliphatic carbocycles. The summed E-state index contributed by atoms with van der Waals surface area (Å²) >= 11 is 3.01. The maximum atomic E-state index is 13.2. The first-order valence-corrected chi connectivity index (χ1v) is 12.7. The van der Waals surface area contributed by atoms with Gasteiger partial charge in [0.1, 0.15) is 11.4 Å². The van der Waals surface area contributed by atoms with Gasteiger partial charge in [-0.3, -0.25) is 23.9 Å². The summed E-state index contributed by atoms with van der Waals surface area (Å²) in [6.45, 7) is 5.17. The lowest BCUT2D eigenvalue weighted by Crippen LogP contribution is -2.54. The quantitative estimate of drug-likeness (QED) is 0.537. The zero-order valence-corrected chi connectivity index (χ0v) is 19.8. The summed E-state index contributed by atoms with van der Waals surface area (Å²) in [5.74, 6) is -0.0418. The second-order valence-electron chi connectivity index (χ2n) is 8.13. The molecule has 0 N–H and O–H groups in total. The molecule has 9 nitrogen and oxygen atoms in total. The number of thiophene rings is 2. The Bertz CT molecular complexity index is 1190. The summed E-state index contributed by atoms with van der Waals surface area (Å²) < 4.78 is 6.72. The molecule has 174 valence electrons. The van der Waals surface area contributed by atoms with E-state index < -0.39 is 0 Å². The van der Waals surface area contributed by atoms with E-state index in [0.29, 0.717) is 56.2 Å². The zero-order valence-electron chi connectivity index (χ0n) is 18.1. The number of hydrogen-bond acceptors (Lipinski definition) is 8. The number of morpholine rings is 1. The van der Waals surface area contributed by atoms with Gasteiger partial charge in [-0.15, -0.1) is 22.7 Å². The van der Waals surface area contributed by atoms with Crippen LogP contribution in [0.5, 0.6) is 0 Å². The molecule has 0 spiro atoms. The molecule has 3 aromatic heterocycles. The molecular formula is C22H25N5O4S2. The van der Waals surface area contributed by atoms with Gasteiger partial charge in [-0.05, 0) is 11.4 Å². The third kappa shape index (κ3) is 4.72. The number of fused-ring (bicyclic) bond motifs is 1. The Morgan fingerprint density at radius 3 is 2.33 bits per heavy atom. The van der Waals surface area contributed by atoms with E-state index in [1.54, 1.807) is 16.2 Å². The fraction of sp³-hybridized carbons (Fsp3) is 0.455. The van der Waals surface area contributed by atoms with Crippen molar-refractivity contribution in [1.29, 1.82) is 0 Å². The number of amides is 2. The molecule has 5 heterocycles. The lowest BCUT2D eigenvalue weighted by molar-refractivity contribution is -0.141. The van der Waals surface area contributed by atoms with E-state index >= 15 is 0 Å². The van der Waals surface area contributed by atoms with E-state index in [0.717, 1.165) is 23.5 Å². The van der Waals surface area contributed by atoms with E-state index in [1.165, 1.54) is 22.2 Å². The summed E-state index contributed by atoms with van der Waals surface area (Å²) in [5, 5.41) is 4.49. The van der Waals surface area contributed by atoms with Crippen molar-refractivity contribution in [1.82, 2.24) is 24.3 Å². The lowest BCUT2D eigenvalue weighted by atomic mass is 10.2. The molecule has 0 aromatic carbocycles. The minimum absolute atomic E-state index is 0.0524. The first kappa shape index (κ1) is 22.2. The number of carbonyl (C=O) groups is 2. The predicted molar refractivity (Wildman–Crippen MR) is 128 cm³/mol. The van der Waals surface area contributed by atoms with Gasteiger partial charge in [0.2, 0.25) is 11.8 Å². The van der Waals surface area contributed by atoms with Crippen molar-refractivity contribution in [2.24, 2.45) is 0 Å². The minimum atomic E-state index is -0.197. The Labute approximate surface area is 198 Å². The van der Waals surface area contributed by atoms with Gasteiger partial charge in [-0.25, -0.2) is 4.98 Å². The van der Waals surface area contributed by atoms with Crippen LogP contribution >= 0.6 is 22.7 Å². The monoisotopic (exact) mass is 487 g/mol. The normalized spacial score (nSPS) is 17.6. The Balaban J connectivity index is 1.22. The smallest absolute Gasteiger partial charge is 0.263 e. The molecule has 2 aliphatic rings. The van der Waals surface area contributed by atoms with Crippen LogP contribution in [0.15, 0.2) is 34.0 Å². The van der Waals surface area contributed by atoms with Crippen LogP contribution in [0, 0.1) is 0 Å². The first-order valence-electron chi connectivity index (χ1n) is 11.0. The predicted octanol–water partition coefficient (Wildman–Crippen LogP) is 1.19. The summed E-state index contributed by atoms with van der Waals surface area (Å²) in [4.78, 5) is 50.4. The van der Waals surface area contributed by atoms with Crippen LogP contribution in [-0.2, 0) is 20.9 Å². The standard InChI is InChI=1S/C22H25N5O4S2/c28-18(12-24-7-9-31-10-8-24)25-3-5-26(6-4-25)19(29)13-27-15-23-21-20(22(27)30)16(14-33-21)17-2-1-11-32-17/h1-2,11,14-15H,3-10,12-13H2. The summed E-state index contributed by atoms with van der Waals surface area (Å²) in [6, 6.07) is 3.93. The summed E-state index contributed by atoms with van der Waals surface area (Å²) in [7, 11) is 0. The fourth-order valence-corrected chi connectivity index (χ4v) is 5.92. The van der Waals surface area contributed by atoms with Crippen molar-refractivity contribution in [3.63, 3.8) is 0 Å². The largest absolute Gasteiger partial charge is 0.379 e. The van der Waals surface area contributed by atoms with Crippen LogP contribution in [0.3, 0.4) is 0 Å². The van der Waals surface area contributed by atoms with Crippen molar-refractivity contribution >= 4 is 44.7 Å². The molecule has 2 fully saturated rings. The molecule has 3 aromatic rings. The number of rotatable bonds is 5. The summed E-state index contributed by atoms with van der Waals surface area (Å²) in [6.07, 6.45) is 1.46. The molecule has 0 bridgehead atoms. The van der Waals surface area contributed by atoms with Crippen LogP contribution < -0.4 is 5.56 Å². The molecular weight excluding hydrogens is 462 g/mol. The SMILES string of the molecule is O=C(CN1CCOCC1)N1CCN(C(=O)Cn2cnc3scc(-c4cccs4)c3c2=O)CC1. The van der Waals surface area contributed by atoms with Crippen molar-refractivity contribution in [2.75, 3.05) is 59.0 Å². The van der Waals surface area contributed by atoms with E-state index in [4.69, 9.17) is 4.74 Å². The average Bonchev–Trinajstić information content (AvgIpc) is 3.52. The van der Waals surface area contributed by atoms with Gasteiger partial charge in [-0.2, -0.15) is 0 Å². The van der Waals surface area contributed by atoms with Gasteiger partial charge >= 0.3 is 0 Å². The van der Waals surface area contributed by atoms with Gasteiger partial charge < -0.3 is 14.5 Å². The Morgan fingerprint density at radius 2 is 1.67 bits per heavy atom. The van der Waals surface area contributed by atoms with Gasteiger partial charge in [0, 0.05) is 55.1 Å². The number of carbonyl (C=O) groups excluding carboxylic acids is 2. The van der Waals surface area contributed by atoms with E-state index in [1.807, 2.05) is 27.8 Å². The van der Waals surface area contributed by atoms with Crippen LogP contribution in [0.1, 0.15) is 0 Å². The van der Waals surface area contributed by atoms with Gasteiger partial charge in [0.25, 0.3) is 5.56 Å². The molecule has 11 heteroatoms. The van der Waals surface area contributed by atoms with Crippen molar-refractivity contribution < 1.29 is 14.3 Å². The van der Waals surface area contributed by atoms with Crippen molar-refractivity contribution in [3.05, 3.63) is 39.6 Å². The third-order valence-electron chi connectivity index (χ3n) is 6.10. The Hall–Kier alpha value is -2.60. The Kier molecular flexibility index (Phi) is 6.54. The molecule has 0 saturated carbocycles. The molecule has 0 radical (unpaired) electrons. The van der Waals surface area contributed by atoms with Gasteiger partial charge in [0.05, 0.1) is 31.5 Å². The van der Waals surface area contributed by atoms with Crippen LogP contribution in [0.4, 0.5) is 0 Å². The van der Waals surface area contributed by atoms with Gasteiger partial charge in [-0.1, -0.05) is 6.07 Å². The van der Waals surface area contributed by atoms with Crippen LogP contribution in [-0.4, -0.2) is 95.1 Å². The minimum Gasteiger partial charge on any atom is -0.379 e. The van der Waals surface area contributed by atoms with Crippen molar-refractivity contribution in [3.8, 4) is 10.4 Å². The topological polar surface area (TPSA) is 88.0 Å². The highest BCUT2D eigenvalue weighted by atomic mass is 32.1. The number of piperazine rings is 1. The second-order valence-corrected chi connectivity index (χ2v) is 9.94. The third-order valence-corrected chi connectivity index (χ3v) is 7.89. The van der Waals surface area contributed by atoms with Crippen LogP contribution in [0.2, 0.25) is 0 Å². The molecule has 2 aliphatic heterocycles. The number of nitrogens with zero attached hydrogens (tertiary/aromatic N) is 5. The number of hydrogen-bond donors (Lipinski definition) is 0. The molecule has 33 heavy (non-hydrogen) atoms. The highest BCUT2D eigenvalue weighted by Gasteiger charge is 2.26. The average molecular weight is 488 g/mol. The number of aromatic nitrogens is 2. The second kappa shape index (κ2) is 9.72. The maximum Gasteiger partial charge on any atom is 0.263 e. The first-order chi connectivity index (χ1) is 16.1. The van der Waals surface area contributed by atoms with Crippen molar-refractivity contribution in [2.45, 2.75) is 6.54 Å². The molecule has 2 amide bonds. The molecule has 0 unspecified atom stereocenters. The molecule has 5 rings (SSSR count).